The Morgan fingerprint density at radius 1 is 1.19 bits per heavy atom. The Bertz CT molecular complexity index is 453. The van der Waals surface area contributed by atoms with E-state index in [1.807, 2.05) is 0 Å². The van der Waals surface area contributed by atoms with Crippen LogP contribution in [0.1, 0.15) is 65.7 Å². The summed E-state index contributed by atoms with van der Waals surface area (Å²) in [5, 5.41) is 0. The number of hydrogen-bond acceptors (Lipinski definition) is 5. The summed E-state index contributed by atoms with van der Waals surface area (Å²) < 4.78 is 17.4. The third kappa shape index (κ3) is 6.71. The molecule has 0 aromatic rings. The molecule has 0 amide bonds. The average Bonchev–Trinajstić information content (AvgIpc) is 3.09. The van der Waals surface area contributed by atoms with Crippen LogP contribution in [-0.2, 0) is 23.8 Å². The number of cyclic esters (lactones) is 1. The maximum atomic E-state index is 12.5. The number of quaternary nitrogens is 1. The van der Waals surface area contributed by atoms with Crippen LogP contribution in [0.5, 0.6) is 0 Å². The topological polar surface area (TPSA) is 89.5 Å². The molecule has 2 fully saturated rings. The second kappa shape index (κ2) is 11.1. The molecule has 6 nitrogen and oxygen atoms in total. The van der Waals surface area contributed by atoms with E-state index in [0.29, 0.717) is 18.9 Å². The minimum atomic E-state index is -0.555. The van der Waals surface area contributed by atoms with E-state index in [4.69, 9.17) is 14.2 Å². The highest BCUT2D eigenvalue weighted by Gasteiger charge is 2.38. The van der Waals surface area contributed by atoms with E-state index in [-0.39, 0.29) is 42.4 Å². The summed E-state index contributed by atoms with van der Waals surface area (Å²) in [4.78, 5) is 24.7. The highest BCUT2D eigenvalue weighted by atomic mass is 35.5. The number of carbonyl (C=O) groups excluding carboxylic acids is 2. The van der Waals surface area contributed by atoms with Crippen LogP contribution in [-0.4, -0.2) is 42.9 Å². The van der Waals surface area contributed by atoms with Crippen LogP contribution in [0.15, 0.2) is 0 Å². The first kappa shape index (κ1) is 23.2. The molecule has 152 valence electrons. The van der Waals surface area contributed by atoms with E-state index >= 15 is 0 Å². The van der Waals surface area contributed by atoms with Crippen LogP contribution in [0, 0.1) is 11.8 Å². The Labute approximate surface area is 162 Å². The van der Waals surface area contributed by atoms with Crippen molar-refractivity contribution in [2.75, 3.05) is 6.61 Å². The lowest BCUT2D eigenvalue weighted by molar-refractivity contribution is -0.410. The third-order valence-corrected chi connectivity index (χ3v) is 5.09. The van der Waals surface area contributed by atoms with Crippen molar-refractivity contribution in [3.8, 4) is 0 Å². The van der Waals surface area contributed by atoms with E-state index in [2.05, 4.69) is 19.6 Å². The second-order valence-electron chi connectivity index (χ2n) is 7.92. The van der Waals surface area contributed by atoms with Gasteiger partial charge in [-0.3, -0.25) is 4.79 Å². The number of halogens is 1. The van der Waals surface area contributed by atoms with Gasteiger partial charge in [-0.25, -0.2) is 4.79 Å². The van der Waals surface area contributed by atoms with Crippen molar-refractivity contribution in [3.63, 3.8) is 0 Å². The predicted octanol–water partition coefficient (Wildman–Crippen LogP) is -1.14. The van der Waals surface area contributed by atoms with Crippen LogP contribution < -0.4 is 18.1 Å². The fourth-order valence-corrected chi connectivity index (χ4v) is 3.55. The minimum absolute atomic E-state index is 0. The molecule has 1 heterocycles. The average molecular weight is 392 g/mol. The van der Waals surface area contributed by atoms with Gasteiger partial charge in [0.25, 0.3) is 0 Å². The Kier molecular flexibility index (Phi) is 9.90. The molecule has 1 saturated heterocycles. The fraction of sp³-hybridized carbons (Fsp3) is 0.895. The Morgan fingerprint density at radius 2 is 1.85 bits per heavy atom. The summed E-state index contributed by atoms with van der Waals surface area (Å²) in [7, 11) is 0. The first-order chi connectivity index (χ1) is 11.9. The molecule has 0 radical (unpaired) electrons. The predicted molar refractivity (Wildman–Crippen MR) is 92.5 cm³/mol. The summed E-state index contributed by atoms with van der Waals surface area (Å²) in [6.45, 7) is 6.55. The fourth-order valence-electron chi connectivity index (χ4n) is 3.55. The van der Waals surface area contributed by atoms with Crippen LogP contribution in [0.3, 0.4) is 0 Å². The van der Waals surface area contributed by atoms with Crippen molar-refractivity contribution in [1.29, 1.82) is 0 Å². The second-order valence-corrected chi connectivity index (χ2v) is 7.92. The van der Waals surface area contributed by atoms with Crippen LogP contribution >= 0.6 is 0 Å². The van der Waals surface area contributed by atoms with E-state index in [0.717, 1.165) is 38.5 Å². The number of esters is 2. The van der Waals surface area contributed by atoms with Crippen LogP contribution in [0.25, 0.3) is 0 Å². The molecule has 1 aliphatic heterocycles. The molecular weight excluding hydrogens is 358 g/mol. The van der Waals surface area contributed by atoms with Gasteiger partial charge < -0.3 is 32.4 Å². The maximum absolute atomic E-state index is 12.5. The molecule has 26 heavy (non-hydrogen) atoms. The summed E-state index contributed by atoms with van der Waals surface area (Å²) in [6, 6.07) is -0.377. The van der Waals surface area contributed by atoms with Gasteiger partial charge in [-0.2, -0.15) is 0 Å². The molecule has 0 bridgehead atoms. The maximum Gasteiger partial charge on any atom is 0.365 e. The minimum Gasteiger partial charge on any atom is -1.00 e. The molecule has 0 aromatic heterocycles. The zero-order chi connectivity index (χ0) is 18.4. The van der Waals surface area contributed by atoms with Crippen molar-refractivity contribution >= 4 is 11.9 Å². The Morgan fingerprint density at radius 3 is 2.46 bits per heavy atom. The standard InChI is InChI=1S/C19H33NO5.ClH/c1-12(2)11-23-16-10-6-9-15(20)19(22)24-13(3)17(16)25-18(21)14-7-4-5-8-14;/h12-17H,4-11,20H2,1-3H3;1H/t13-,15-,16-,17-;/m0./s1. The smallest absolute Gasteiger partial charge is 0.365 e. The largest absolute Gasteiger partial charge is 1.00 e. The van der Waals surface area contributed by atoms with Crippen molar-refractivity contribution in [2.45, 2.75) is 90.1 Å². The monoisotopic (exact) mass is 391 g/mol. The molecule has 0 aromatic carbocycles. The quantitative estimate of drug-likeness (QED) is 0.598. The summed E-state index contributed by atoms with van der Waals surface area (Å²) in [5.41, 5.74) is 3.88. The summed E-state index contributed by atoms with van der Waals surface area (Å²) >= 11 is 0. The van der Waals surface area contributed by atoms with Gasteiger partial charge in [0, 0.05) is 13.0 Å². The highest BCUT2D eigenvalue weighted by Crippen LogP contribution is 2.28. The SMILES string of the molecule is CC(C)CO[C@H]1CCC[C@H]([NH3+])C(=O)O[C@@H](C)[C@@H]1OC(=O)C1CCCC1.[Cl-]. The van der Waals surface area contributed by atoms with Gasteiger partial charge >= 0.3 is 11.9 Å². The van der Waals surface area contributed by atoms with Crippen molar-refractivity contribution in [1.82, 2.24) is 0 Å². The zero-order valence-electron chi connectivity index (χ0n) is 16.2. The molecule has 7 heteroatoms. The van der Waals surface area contributed by atoms with Crippen LogP contribution in [0.4, 0.5) is 0 Å². The molecule has 3 N–H and O–H groups in total. The normalized spacial score (nSPS) is 30.7. The van der Waals surface area contributed by atoms with E-state index in [1.165, 1.54) is 0 Å². The number of hydrogen-bond donors (Lipinski definition) is 1. The van der Waals surface area contributed by atoms with Gasteiger partial charge in [0.1, 0.15) is 6.10 Å². The van der Waals surface area contributed by atoms with Gasteiger partial charge in [0.15, 0.2) is 12.1 Å². The zero-order valence-corrected chi connectivity index (χ0v) is 17.0. The number of ether oxygens (including phenoxy) is 3. The molecule has 1 aliphatic carbocycles. The third-order valence-electron chi connectivity index (χ3n) is 5.09. The van der Waals surface area contributed by atoms with Gasteiger partial charge in [0.05, 0.1) is 12.0 Å². The summed E-state index contributed by atoms with van der Waals surface area (Å²) in [5.74, 6) is -0.132. The van der Waals surface area contributed by atoms with Gasteiger partial charge in [0.2, 0.25) is 0 Å². The van der Waals surface area contributed by atoms with Crippen molar-refractivity contribution in [2.24, 2.45) is 11.8 Å². The van der Waals surface area contributed by atoms with E-state index in [9.17, 15) is 9.59 Å². The van der Waals surface area contributed by atoms with Crippen molar-refractivity contribution in [3.05, 3.63) is 0 Å². The Hall–Kier alpha value is -0.850. The lowest BCUT2D eigenvalue weighted by Gasteiger charge is -2.31. The molecule has 2 rings (SSSR count). The molecule has 2 aliphatic rings. The lowest BCUT2D eigenvalue weighted by Crippen LogP contribution is -3.00. The molecule has 0 unspecified atom stereocenters. The lowest BCUT2D eigenvalue weighted by atomic mass is 10.0. The van der Waals surface area contributed by atoms with Gasteiger partial charge in [-0.15, -0.1) is 0 Å². The highest BCUT2D eigenvalue weighted by molar-refractivity contribution is 5.74. The Balaban J connectivity index is 0.00000338. The number of rotatable bonds is 5. The van der Waals surface area contributed by atoms with Crippen LogP contribution in [0.2, 0.25) is 0 Å². The molecular formula is C19H34ClNO5. The molecule has 4 atom stereocenters. The summed E-state index contributed by atoms with van der Waals surface area (Å²) in [6.07, 6.45) is 4.79. The van der Waals surface area contributed by atoms with E-state index < -0.39 is 12.2 Å². The van der Waals surface area contributed by atoms with E-state index in [1.54, 1.807) is 6.92 Å². The molecule has 1 saturated carbocycles. The van der Waals surface area contributed by atoms with Gasteiger partial charge in [-0.05, 0) is 38.5 Å². The molecule has 0 spiro atoms. The van der Waals surface area contributed by atoms with Gasteiger partial charge in [-0.1, -0.05) is 26.7 Å². The first-order valence-electron chi connectivity index (χ1n) is 9.74. The number of carbonyl (C=O) groups is 2. The first-order valence-corrected chi connectivity index (χ1v) is 9.74. The van der Waals surface area contributed by atoms with Crippen molar-refractivity contribution < 1.29 is 41.9 Å².